The summed E-state index contributed by atoms with van der Waals surface area (Å²) in [6.45, 7) is 0.0361. The summed E-state index contributed by atoms with van der Waals surface area (Å²) < 4.78 is 25.2. The number of carboxylic acids is 1. The van der Waals surface area contributed by atoms with Crippen LogP contribution < -0.4 is 0 Å². The quantitative estimate of drug-likeness (QED) is 0.895. The largest absolute Gasteiger partial charge is 0.481 e. The highest BCUT2D eigenvalue weighted by atomic mass is 35.5. The van der Waals surface area contributed by atoms with Gasteiger partial charge in [-0.05, 0) is 18.2 Å². The minimum Gasteiger partial charge on any atom is -0.481 e. The number of rotatable bonds is 3. The lowest BCUT2D eigenvalue weighted by Crippen LogP contribution is -2.52. The average Bonchev–Trinajstić information content (AvgIpc) is 2.13. The molecular formula is C10H10ClNO4S. The van der Waals surface area contributed by atoms with E-state index in [0.717, 1.165) is 4.31 Å². The molecule has 0 radical (unpaired) electrons. The average molecular weight is 276 g/mol. The van der Waals surface area contributed by atoms with Crippen molar-refractivity contribution in [1.82, 2.24) is 4.31 Å². The van der Waals surface area contributed by atoms with Crippen LogP contribution in [-0.4, -0.2) is 36.9 Å². The van der Waals surface area contributed by atoms with E-state index in [1.165, 1.54) is 12.1 Å². The van der Waals surface area contributed by atoms with E-state index >= 15 is 0 Å². The highest BCUT2D eigenvalue weighted by Crippen LogP contribution is 2.26. The molecule has 92 valence electrons. The fourth-order valence-electron chi connectivity index (χ4n) is 1.57. The first-order valence-electron chi connectivity index (χ1n) is 4.90. The van der Waals surface area contributed by atoms with E-state index in [-0.39, 0.29) is 18.0 Å². The lowest BCUT2D eigenvalue weighted by molar-refractivity contribution is -0.145. The van der Waals surface area contributed by atoms with E-state index in [0.29, 0.717) is 5.02 Å². The van der Waals surface area contributed by atoms with Crippen molar-refractivity contribution < 1.29 is 18.3 Å². The third-order valence-electron chi connectivity index (χ3n) is 2.63. The molecule has 1 N–H and O–H groups in total. The zero-order valence-electron chi connectivity index (χ0n) is 8.71. The van der Waals surface area contributed by atoms with Crippen molar-refractivity contribution in [2.45, 2.75) is 4.90 Å². The van der Waals surface area contributed by atoms with Gasteiger partial charge < -0.3 is 5.11 Å². The van der Waals surface area contributed by atoms with Gasteiger partial charge in [0, 0.05) is 18.1 Å². The molecular weight excluding hydrogens is 266 g/mol. The third kappa shape index (κ3) is 2.29. The molecule has 1 aromatic carbocycles. The second-order valence-corrected chi connectivity index (χ2v) is 6.19. The summed E-state index contributed by atoms with van der Waals surface area (Å²) in [5.74, 6) is -1.58. The highest BCUT2D eigenvalue weighted by Gasteiger charge is 2.40. The van der Waals surface area contributed by atoms with Gasteiger partial charge in [-0.25, -0.2) is 8.42 Å². The number of sulfonamides is 1. The number of benzene rings is 1. The minimum absolute atomic E-state index is 0.0180. The van der Waals surface area contributed by atoms with Crippen LogP contribution in [0.1, 0.15) is 0 Å². The maximum absolute atomic E-state index is 12.0. The van der Waals surface area contributed by atoms with Crippen molar-refractivity contribution in [3.05, 3.63) is 29.3 Å². The van der Waals surface area contributed by atoms with E-state index in [2.05, 4.69) is 0 Å². The van der Waals surface area contributed by atoms with E-state index in [9.17, 15) is 13.2 Å². The normalized spacial score (nSPS) is 17.7. The molecule has 0 aliphatic carbocycles. The number of nitrogens with zero attached hydrogens (tertiary/aromatic N) is 1. The van der Waals surface area contributed by atoms with Gasteiger partial charge in [0.15, 0.2) is 0 Å². The number of carbonyl (C=O) groups is 1. The summed E-state index contributed by atoms with van der Waals surface area (Å²) in [5.41, 5.74) is 0. The molecule has 0 aromatic heterocycles. The van der Waals surface area contributed by atoms with Crippen molar-refractivity contribution in [2.24, 2.45) is 5.92 Å². The predicted octanol–water partition coefficient (Wildman–Crippen LogP) is 1.05. The van der Waals surface area contributed by atoms with Gasteiger partial charge in [-0.15, -0.1) is 0 Å². The molecule has 7 heteroatoms. The van der Waals surface area contributed by atoms with Crippen LogP contribution in [0.3, 0.4) is 0 Å². The number of hydrogen-bond acceptors (Lipinski definition) is 3. The van der Waals surface area contributed by atoms with Gasteiger partial charge in [0.25, 0.3) is 0 Å². The maximum Gasteiger partial charge on any atom is 0.309 e. The Hall–Kier alpha value is -1.11. The fourth-order valence-corrected chi connectivity index (χ4v) is 3.40. The Bertz CT molecular complexity index is 551. The van der Waals surface area contributed by atoms with Crippen LogP contribution in [0.2, 0.25) is 5.02 Å². The first-order valence-corrected chi connectivity index (χ1v) is 6.71. The summed E-state index contributed by atoms with van der Waals surface area (Å²) in [4.78, 5) is 10.7. The monoisotopic (exact) mass is 275 g/mol. The van der Waals surface area contributed by atoms with Gasteiger partial charge >= 0.3 is 5.97 Å². The third-order valence-corrected chi connectivity index (χ3v) is 4.69. The number of hydrogen-bond donors (Lipinski definition) is 1. The van der Waals surface area contributed by atoms with Crippen LogP contribution >= 0.6 is 11.6 Å². The summed E-state index contributed by atoms with van der Waals surface area (Å²) in [6, 6.07) is 5.92. The smallest absolute Gasteiger partial charge is 0.309 e. The molecule has 1 aliphatic heterocycles. The minimum atomic E-state index is -3.61. The maximum atomic E-state index is 12.0. The Labute approximate surface area is 104 Å². The number of aliphatic carboxylic acids is 1. The van der Waals surface area contributed by atoms with Crippen molar-refractivity contribution in [2.75, 3.05) is 13.1 Å². The fraction of sp³-hybridized carbons (Fsp3) is 0.300. The Morgan fingerprint density at radius 1 is 1.41 bits per heavy atom. The molecule has 0 spiro atoms. The molecule has 0 amide bonds. The molecule has 0 unspecified atom stereocenters. The van der Waals surface area contributed by atoms with E-state index in [1.807, 2.05) is 0 Å². The molecule has 5 nitrogen and oxygen atoms in total. The SMILES string of the molecule is O=C(O)C1CN(S(=O)(=O)c2cccc(Cl)c2)C1. The van der Waals surface area contributed by atoms with Gasteiger partial charge in [-0.2, -0.15) is 4.31 Å². The molecule has 0 bridgehead atoms. The summed E-state index contributed by atoms with van der Waals surface area (Å²) in [5, 5.41) is 9.02. The molecule has 17 heavy (non-hydrogen) atoms. The Morgan fingerprint density at radius 3 is 2.59 bits per heavy atom. The molecule has 1 fully saturated rings. The van der Waals surface area contributed by atoms with Gasteiger partial charge in [-0.1, -0.05) is 17.7 Å². The summed E-state index contributed by atoms with van der Waals surface area (Å²) >= 11 is 5.72. The van der Waals surface area contributed by atoms with E-state index in [4.69, 9.17) is 16.7 Å². The highest BCUT2D eigenvalue weighted by molar-refractivity contribution is 7.89. The summed E-state index contributed by atoms with van der Waals surface area (Å²) in [7, 11) is -3.61. The van der Waals surface area contributed by atoms with Crippen LogP contribution in [0.4, 0.5) is 0 Å². The second-order valence-electron chi connectivity index (χ2n) is 3.81. The van der Waals surface area contributed by atoms with Gasteiger partial charge in [-0.3, -0.25) is 4.79 Å². The van der Waals surface area contributed by atoms with Gasteiger partial charge in [0.2, 0.25) is 10.0 Å². The first kappa shape index (κ1) is 12.3. The van der Waals surface area contributed by atoms with Crippen LogP contribution in [0, 0.1) is 5.92 Å². The Kier molecular flexibility index (Phi) is 3.11. The molecule has 1 saturated heterocycles. The van der Waals surface area contributed by atoms with Crippen LogP contribution in [0.25, 0.3) is 0 Å². The molecule has 1 aliphatic rings. The number of halogens is 1. The second kappa shape index (κ2) is 4.29. The van der Waals surface area contributed by atoms with Crippen LogP contribution in [-0.2, 0) is 14.8 Å². The zero-order valence-corrected chi connectivity index (χ0v) is 10.3. The lowest BCUT2D eigenvalue weighted by Gasteiger charge is -2.35. The standard InChI is InChI=1S/C10H10ClNO4S/c11-8-2-1-3-9(4-8)17(15,16)12-5-7(6-12)10(13)14/h1-4,7H,5-6H2,(H,13,14). The van der Waals surface area contributed by atoms with Crippen molar-refractivity contribution in [1.29, 1.82) is 0 Å². The topological polar surface area (TPSA) is 74.7 Å². The van der Waals surface area contributed by atoms with Crippen LogP contribution in [0.15, 0.2) is 29.2 Å². The molecule has 2 rings (SSSR count). The lowest BCUT2D eigenvalue weighted by atomic mass is 10.0. The van der Waals surface area contributed by atoms with Crippen LogP contribution in [0.5, 0.6) is 0 Å². The van der Waals surface area contributed by atoms with Gasteiger partial charge in [0.05, 0.1) is 10.8 Å². The Balaban J connectivity index is 2.19. The molecule has 0 atom stereocenters. The predicted molar refractivity (Wildman–Crippen MR) is 61.3 cm³/mol. The van der Waals surface area contributed by atoms with Gasteiger partial charge in [0.1, 0.15) is 0 Å². The first-order chi connectivity index (χ1) is 7.91. The van der Waals surface area contributed by atoms with Crippen molar-refractivity contribution >= 4 is 27.6 Å². The molecule has 1 aromatic rings. The summed E-state index contributed by atoms with van der Waals surface area (Å²) in [6.07, 6.45) is 0. The number of carboxylic acid groups (broad SMARTS) is 1. The van der Waals surface area contributed by atoms with Crippen molar-refractivity contribution in [3.8, 4) is 0 Å². The zero-order chi connectivity index (χ0) is 12.6. The Morgan fingerprint density at radius 2 is 2.06 bits per heavy atom. The molecule has 1 heterocycles. The van der Waals surface area contributed by atoms with E-state index < -0.39 is 21.9 Å². The van der Waals surface area contributed by atoms with Crippen molar-refractivity contribution in [3.63, 3.8) is 0 Å². The molecule has 0 saturated carbocycles. The van der Waals surface area contributed by atoms with E-state index in [1.54, 1.807) is 12.1 Å².